The largest absolute Gasteiger partial charge is 0.490 e. The Morgan fingerprint density at radius 1 is 1.26 bits per heavy atom. The number of carbonyl (C=O) groups excluding carboxylic acids is 1. The summed E-state index contributed by atoms with van der Waals surface area (Å²) in [7, 11) is -17.2. The Balaban J connectivity index is 2.16. The van der Waals surface area contributed by atoms with Crippen LogP contribution in [-0.4, -0.2) is 71.0 Å². The fraction of sp³-hybridized carbons (Fsp3) is 0.583. The lowest BCUT2D eigenvalue weighted by molar-refractivity contribution is -0.210. The summed E-state index contributed by atoms with van der Waals surface area (Å²) in [6, 6.07) is 0. The molecule has 1 saturated heterocycles. The zero-order valence-electron chi connectivity index (χ0n) is 15.5. The molecule has 2 aliphatic heterocycles. The smallest absolute Gasteiger partial charge is 0.384 e. The fourth-order valence-electron chi connectivity index (χ4n) is 2.69. The molecule has 2 aliphatic rings. The molecule has 0 spiro atoms. The number of phosphoric acid groups is 3. The third-order valence-electron chi connectivity index (χ3n) is 4.00. The first-order valence-electron chi connectivity index (χ1n) is 8.01. The second-order valence-corrected chi connectivity index (χ2v) is 11.1. The number of amides is 1. The fourth-order valence-corrected chi connectivity index (χ4v) is 5.72. The lowest BCUT2D eigenvalue weighted by Crippen LogP contribution is -2.54. The van der Waals surface area contributed by atoms with Crippen molar-refractivity contribution >= 4 is 29.4 Å². The molecule has 0 aromatic carbocycles. The van der Waals surface area contributed by atoms with E-state index in [4.69, 9.17) is 19.4 Å². The number of hydrogen-bond donors (Lipinski definition) is 6. The highest BCUT2D eigenvalue weighted by Crippen LogP contribution is 2.66. The Morgan fingerprint density at radius 3 is 2.35 bits per heavy atom. The molecular formula is C12H19FNO14P3. The van der Waals surface area contributed by atoms with E-state index >= 15 is 4.39 Å². The molecule has 2 rings (SSSR count). The third-order valence-corrected chi connectivity index (χ3v) is 7.78. The predicted octanol–water partition coefficient (Wildman–Crippen LogP) is -0.234. The van der Waals surface area contributed by atoms with Crippen LogP contribution in [-0.2, 0) is 36.4 Å². The maximum absolute atomic E-state index is 15.1. The highest BCUT2D eigenvalue weighted by Gasteiger charge is 2.65. The van der Waals surface area contributed by atoms with E-state index in [1.54, 1.807) is 0 Å². The summed E-state index contributed by atoms with van der Waals surface area (Å²) in [4.78, 5) is 48.3. The van der Waals surface area contributed by atoms with Crippen LogP contribution >= 0.6 is 23.5 Å². The maximum Gasteiger partial charge on any atom is 0.490 e. The van der Waals surface area contributed by atoms with Crippen LogP contribution < -0.4 is 0 Å². The van der Waals surface area contributed by atoms with Crippen LogP contribution in [0.1, 0.15) is 13.3 Å². The normalized spacial score (nSPS) is 35.8. The van der Waals surface area contributed by atoms with E-state index in [1.807, 2.05) is 0 Å². The zero-order chi connectivity index (χ0) is 24.0. The molecule has 0 saturated carbocycles. The highest BCUT2D eigenvalue weighted by atomic mass is 31.3. The summed E-state index contributed by atoms with van der Waals surface area (Å²) in [5.41, 5.74) is -2.06. The van der Waals surface area contributed by atoms with Gasteiger partial charge in [-0.2, -0.15) is 8.62 Å². The number of alkyl halides is 1. The minimum absolute atomic E-state index is 0.205. The van der Waals surface area contributed by atoms with Crippen molar-refractivity contribution in [2.75, 3.05) is 6.61 Å². The Bertz CT molecular complexity index is 932. The van der Waals surface area contributed by atoms with Crippen LogP contribution in [0.4, 0.5) is 4.39 Å². The average Bonchev–Trinajstić information content (AvgIpc) is 2.71. The monoisotopic (exact) mass is 513 g/mol. The maximum atomic E-state index is 15.1. The van der Waals surface area contributed by atoms with Gasteiger partial charge < -0.3 is 34.5 Å². The summed E-state index contributed by atoms with van der Waals surface area (Å²) >= 11 is 0. The number of halogens is 1. The van der Waals surface area contributed by atoms with Crippen LogP contribution in [0.25, 0.3) is 0 Å². The van der Waals surface area contributed by atoms with Gasteiger partial charge in [-0.1, -0.05) is 6.58 Å². The molecule has 0 radical (unpaired) electrons. The minimum atomic E-state index is -5.85. The number of nitrogens with zero attached hydrogens (tertiary/aromatic N) is 1. The molecule has 0 aliphatic carbocycles. The minimum Gasteiger partial charge on any atom is -0.384 e. The first kappa shape index (κ1) is 26.4. The van der Waals surface area contributed by atoms with Crippen LogP contribution in [0.3, 0.4) is 0 Å². The Kier molecular flexibility index (Phi) is 7.25. The molecule has 2 heterocycles. The van der Waals surface area contributed by atoms with E-state index in [0.717, 1.165) is 18.0 Å². The van der Waals surface area contributed by atoms with Crippen LogP contribution in [0, 0.1) is 0 Å². The first-order valence-corrected chi connectivity index (χ1v) is 12.5. The van der Waals surface area contributed by atoms with Crippen LogP contribution in [0.5, 0.6) is 0 Å². The van der Waals surface area contributed by atoms with Gasteiger partial charge in [0, 0.05) is 6.20 Å². The quantitative estimate of drug-likeness (QED) is 0.230. The number of ether oxygens (including phenoxy) is 1. The number of hydrogen-bond acceptors (Lipinski definition) is 10. The van der Waals surface area contributed by atoms with Crippen LogP contribution in [0.15, 0.2) is 24.4 Å². The number of carbonyl (C=O) groups is 1. The number of aliphatic hydroxyl groups excluding tert-OH is 1. The van der Waals surface area contributed by atoms with Crippen molar-refractivity contribution < 1.29 is 70.5 Å². The van der Waals surface area contributed by atoms with E-state index in [1.165, 1.54) is 6.08 Å². The van der Waals surface area contributed by atoms with Gasteiger partial charge in [0.15, 0.2) is 6.23 Å². The summed E-state index contributed by atoms with van der Waals surface area (Å²) in [6.07, 6.45) is -2.04. The average molecular weight is 513 g/mol. The molecule has 178 valence electrons. The molecule has 0 aromatic rings. The number of rotatable bonds is 8. The molecular weight excluding hydrogens is 494 g/mol. The number of aliphatic hydroxyl groups is 2. The van der Waals surface area contributed by atoms with Gasteiger partial charge in [0.2, 0.25) is 5.91 Å². The van der Waals surface area contributed by atoms with Gasteiger partial charge in [0.05, 0.1) is 6.42 Å². The van der Waals surface area contributed by atoms with Crippen molar-refractivity contribution in [3.63, 3.8) is 0 Å². The molecule has 15 nitrogen and oxygen atoms in total. The van der Waals surface area contributed by atoms with Crippen molar-refractivity contribution in [3.05, 3.63) is 24.4 Å². The summed E-state index contributed by atoms with van der Waals surface area (Å²) in [5, 5.41) is 20.6. The number of phosphoric ester groups is 1. The molecule has 6 atom stereocenters. The van der Waals surface area contributed by atoms with Gasteiger partial charge >= 0.3 is 23.5 Å². The topological polar surface area (TPSA) is 230 Å². The predicted molar refractivity (Wildman–Crippen MR) is 94.9 cm³/mol. The molecule has 6 N–H and O–H groups in total. The van der Waals surface area contributed by atoms with Gasteiger partial charge in [-0.15, -0.1) is 0 Å². The molecule has 2 unspecified atom stereocenters. The highest BCUT2D eigenvalue weighted by molar-refractivity contribution is 7.66. The van der Waals surface area contributed by atoms with E-state index in [9.17, 15) is 33.6 Å². The Morgan fingerprint density at radius 2 is 1.84 bits per heavy atom. The van der Waals surface area contributed by atoms with Gasteiger partial charge in [-0.05, 0) is 18.6 Å². The van der Waals surface area contributed by atoms with E-state index < -0.39 is 59.8 Å². The molecule has 1 amide bonds. The zero-order valence-corrected chi connectivity index (χ0v) is 18.2. The number of allylic oxidation sites excluding steroid dienone is 1. The van der Waals surface area contributed by atoms with Gasteiger partial charge in [0.1, 0.15) is 18.3 Å². The molecule has 1 fully saturated rings. The summed E-state index contributed by atoms with van der Waals surface area (Å²) in [5.74, 6) is -4.12. The standard InChI is InChI=1S/C12H19FNO14P3/c1-7-3-4-14(8(15)5-7)10-11(2,17)9(16)12(13,26-10)6-25-30(21,22)28-31(23,24)27-29(18,19)20/h3-4,9-10,16-17H,1,5-6H2,2H3,(H,21,22)(H,23,24)(H2,18,19,20)/t9-,10+,11+,12+/m0/s1. The molecule has 31 heavy (non-hydrogen) atoms. The van der Waals surface area contributed by atoms with Gasteiger partial charge in [-0.3, -0.25) is 14.2 Å². The van der Waals surface area contributed by atoms with E-state index in [2.05, 4.69) is 19.7 Å². The lowest BCUT2D eigenvalue weighted by atomic mass is 9.94. The van der Waals surface area contributed by atoms with E-state index in [-0.39, 0.29) is 6.42 Å². The second-order valence-electron chi connectivity index (χ2n) is 6.70. The third kappa shape index (κ3) is 6.36. The SMILES string of the molecule is C=C1C=CN([C@@H]2O[C@](F)(COP(=O)(O)OP(=O)(O)OP(=O)(O)O)[C@@H](O)[C@@]2(C)O)C(=O)C1. The van der Waals surface area contributed by atoms with Crippen molar-refractivity contribution in [1.82, 2.24) is 4.90 Å². The summed E-state index contributed by atoms with van der Waals surface area (Å²) in [6.45, 7) is 2.77. The lowest BCUT2D eigenvalue weighted by Gasteiger charge is -2.34. The first-order chi connectivity index (χ1) is 13.8. The molecule has 19 heteroatoms. The van der Waals surface area contributed by atoms with Crippen molar-refractivity contribution in [3.8, 4) is 0 Å². The van der Waals surface area contributed by atoms with E-state index in [0.29, 0.717) is 5.57 Å². The Labute approximate surface area is 173 Å². The Hall–Kier alpha value is -0.830. The van der Waals surface area contributed by atoms with Gasteiger partial charge in [0.25, 0.3) is 5.85 Å². The van der Waals surface area contributed by atoms with Crippen molar-refractivity contribution in [2.45, 2.75) is 37.1 Å². The van der Waals surface area contributed by atoms with Crippen molar-refractivity contribution in [1.29, 1.82) is 0 Å². The molecule has 0 bridgehead atoms. The summed E-state index contributed by atoms with van der Waals surface area (Å²) < 4.78 is 64.7. The van der Waals surface area contributed by atoms with Crippen molar-refractivity contribution in [2.24, 2.45) is 0 Å². The molecule has 0 aromatic heterocycles. The van der Waals surface area contributed by atoms with Gasteiger partial charge in [-0.25, -0.2) is 18.1 Å². The second kappa shape index (κ2) is 8.50. The van der Waals surface area contributed by atoms with Crippen LogP contribution in [0.2, 0.25) is 0 Å².